The van der Waals surface area contributed by atoms with Gasteiger partial charge in [-0.2, -0.15) is 0 Å². The molecule has 12 N–H and O–H groups in total. The second-order valence-electron chi connectivity index (χ2n) is 6.09. The van der Waals surface area contributed by atoms with Crippen molar-refractivity contribution in [1.29, 1.82) is 0 Å². The van der Waals surface area contributed by atoms with E-state index in [1.807, 2.05) is 0 Å². The van der Waals surface area contributed by atoms with Gasteiger partial charge in [-0.25, -0.2) is 28.8 Å². The molecule has 6 unspecified atom stereocenters. The number of aliphatic hydroxyl groups excluding tert-OH is 3. The number of nitro groups is 3. The standard InChI is InChI=1S/3C4H5NO8.2Ho/c3*6-1(2(7)8)4(11,3(9)10)5(12)13;;/h3*1,6,11H,(H,7,8)(H,9,10);;. The molecule has 0 rings (SSSR count). The number of aliphatic hydroxyl groups is 6. The van der Waals surface area contributed by atoms with Crippen LogP contribution in [0.2, 0.25) is 0 Å². The van der Waals surface area contributed by atoms with Gasteiger partial charge in [-0.1, -0.05) is 0 Å². The predicted octanol–water partition coefficient (Wildman–Crippen LogP) is -7.55. The normalized spacial score (nSPS) is 16.2. The molecule has 0 aliphatic rings. The van der Waals surface area contributed by atoms with Crippen molar-refractivity contribution in [1.82, 2.24) is 0 Å². The van der Waals surface area contributed by atoms with Crippen LogP contribution in [0.15, 0.2) is 0 Å². The average molecular weight is 915 g/mol. The molecule has 0 aromatic rings. The molecule has 6 atom stereocenters. The van der Waals surface area contributed by atoms with E-state index in [9.17, 15) is 59.1 Å². The molecule has 29 heteroatoms. The molecule has 0 saturated carbocycles. The maximum absolute atomic E-state index is 10.1. The van der Waals surface area contributed by atoms with Crippen molar-refractivity contribution in [2.75, 3.05) is 0 Å². The van der Waals surface area contributed by atoms with Gasteiger partial charge in [-0.3, -0.25) is 30.3 Å². The molecule has 0 aliphatic heterocycles. The second-order valence-corrected chi connectivity index (χ2v) is 6.09. The molecule has 0 aliphatic carbocycles. The van der Waals surface area contributed by atoms with Crippen molar-refractivity contribution in [3.05, 3.63) is 30.3 Å². The molecule has 2 radical (unpaired) electrons. The third-order valence-electron chi connectivity index (χ3n) is 3.62. The Labute approximate surface area is 279 Å². The Morgan fingerprint density at radius 1 is 0.463 bits per heavy atom. The van der Waals surface area contributed by atoms with Gasteiger partial charge in [-0.15, -0.1) is 0 Å². The van der Waals surface area contributed by atoms with Crippen LogP contribution < -0.4 is 0 Å². The summed E-state index contributed by atoms with van der Waals surface area (Å²) in [6.07, 6.45) is -9.08. The fraction of sp³-hybridized carbons (Fsp3) is 0.500. The van der Waals surface area contributed by atoms with E-state index in [1.54, 1.807) is 0 Å². The van der Waals surface area contributed by atoms with Gasteiger partial charge >= 0.3 is 53.0 Å². The molecule has 41 heavy (non-hydrogen) atoms. The Morgan fingerprint density at radius 3 is 0.610 bits per heavy atom. The molecule has 27 nitrogen and oxygen atoms in total. The SMILES string of the molecule is O=C(O)C(O)C(O)(C(=O)O)[N+](=O)[O-].O=C(O)C(O)C(O)(C(=O)O)[N+](=O)[O-].O=C(O)C(O)C(O)(C(=O)O)[N+](=O)[O-].[Ho].[Ho]. The largest absolute Gasteiger partial charge is 0.479 e. The average Bonchev–Trinajstić information content (AvgIpc) is 2.80. The second kappa shape index (κ2) is 18.7. The van der Waals surface area contributed by atoms with Crippen molar-refractivity contribution < 1.29 is 180 Å². The number of carboxylic acid groups (broad SMARTS) is 6. The van der Waals surface area contributed by atoms with Crippen molar-refractivity contribution in [3.63, 3.8) is 0 Å². The molecule has 0 spiro atoms. The third-order valence-corrected chi connectivity index (χ3v) is 3.62. The molecular weight excluding hydrogens is 900 g/mol. The summed E-state index contributed by atoms with van der Waals surface area (Å²) in [6, 6.07) is 0. The summed E-state index contributed by atoms with van der Waals surface area (Å²) in [5.41, 5.74) is -11.8. The summed E-state index contributed by atoms with van der Waals surface area (Å²) < 4.78 is 0. The molecule has 0 aromatic heterocycles. The summed E-state index contributed by atoms with van der Waals surface area (Å²) in [6.45, 7) is 0. The summed E-state index contributed by atoms with van der Waals surface area (Å²) in [4.78, 5) is 84.7. The first kappa shape index (κ1) is 48.1. The van der Waals surface area contributed by atoms with E-state index in [0.717, 1.165) is 0 Å². The molecule has 0 amide bonds. The van der Waals surface area contributed by atoms with Crippen LogP contribution in [0.4, 0.5) is 0 Å². The minimum atomic E-state index is -3.92. The summed E-state index contributed by atoms with van der Waals surface area (Å²) in [5, 5.41) is 130. The quantitative estimate of drug-likeness (QED) is 0.0374. The summed E-state index contributed by atoms with van der Waals surface area (Å²) in [7, 11) is 0. The Balaban J connectivity index is -0.000000154. The number of carbonyl (C=O) groups is 6. The monoisotopic (exact) mass is 915 g/mol. The zero-order chi connectivity index (χ0) is 32.4. The van der Waals surface area contributed by atoms with E-state index in [0.29, 0.717) is 0 Å². The van der Waals surface area contributed by atoms with Crippen LogP contribution in [0.5, 0.6) is 0 Å². The predicted molar refractivity (Wildman–Crippen MR) is 99.7 cm³/mol. The molecule has 0 aromatic carbocycles. The van der Waals surface area contributed by atoms with Gasteiger partial charge in [0, 0.05) is 75.5 Å². The molecule has 0 bridgehead atoms. The Hall–Kier alpha value is -2.70. The van der Waals surface area contributed by atoms with Crippen LogP contribution >= 0.6 is 0 Å². The first-order valence-corrected chi connectivity index (χ1v) is 8.26. The summed E-state index contributed by atoms with van der Waals surface area (Å²) >= 11 is 0. The zero-order valence-electron chi connectivity index (χ0n) is 18.4. The first-order valence-electron chi connectivity index (χ1n) is 8.26. The van der Waals surface area contributed by atoms with Crippen molar-refractivity contribution >= 4 is 35.8 Å². The van der Waals surface area contributed by atoms with E-state index >= 15 is 0 Å². The van der Waals surface area contributed by atoms with E-state index < -0.39 is 86.1 Å². The van der Waals surface area contributed by atoms with Crippen LogP contribution in [0, 0.1) is 106 Å². The van der Waals surface area contributed by atoms with Crippen LogP contribution in [0.3, 0.4) is 0 Å². The molecule has 244 valence electrons. The van der Waals surface area contributed by atoms with Gasteiger partial charge in [0.1, 0.15) is 0 Å². The van der Waals surface area contributed by atoms with E-state index in [-0.39, 0.29) is 75.5 Å². The number of hydrogen-bond donors (Lipinski definition) is 12. The van der Waals surface area contributed by atoms with Crippen molar-refractivity contribution in [2.24, 2.45) is 0 Å². The maximum Gasteiger partial charge on any atom is 0.456 e. The molecular formula is C12H15Ho2N3O24. The van der Waals surface area contributed by atoms with Gasteiger partial charge in [0.2, 0.25) is 0 Å². The first-order chi connectivity index (χ1) is 17.2. The van der Waals surface area contributed by atoms with Gasteiger partial charge in [0.25, 0.3) is 18.3 Å². The summed E-state index contributed by atoms with van der Waals surface area (Å²) in [5.74, 6) is -14.0. The van der Waals surface area contributed by atoms with Gasteiger partial charge in [-0.05, 0) is 0 Å². The Morgan fingerprint density at radius 2 is 0.585 bits per heavy atom. The van der Waals surface area contributed by atoms with Crippen molar-refractivity contribution in [2.45, 2.75) is 35.5 Å². The number of aliphatic carboxylic acids is 6. The van der Waals surface area contributed by atoms with Gasteiger partial charge in [0.15, 0.2) is 0 Å². The minimum Gasteiger partial charge on any atom is -0.479 e. The van der Waals surface area contributed by atoms with Gasteiger partial charge < -0.3 is 61.3 Å². The molecule has 0 heterocycles. The topological polar surface area (TPSA) is 475 Å². The number of hydrogen-bond acceptors (Lipinski definition) is 18. The van der Waals surface area contributed by atoms with E-state index in [1.165, 1.54) is 0 Å². The van der Waals surface area contributed by atoms with E-state index in [2.05, 4.69) is 0 Å². The number of carboxylic acids is 6. The fourth-order valence-electron chi connectivity index (χ4n) is 1.40. The van der Waals surface area contributed by atoms with Crippen LogP contribution in [0.1, 0.15) is 0 Å². The minimum absolute atomic E-state index is 0. The van der Waals surface area contributed by atoms with Gasteiger partial charge in [0.05, 0.1) is 14.8 Å². The maximum atomic E-state index is 10.1. The smallest absolute Gasteiger partial charge is 0.456 e. The van der Waals surface area contributed by atoms with Crippen LogP contribution in [-0.4, -0.2) is 147 Å². The third kappa shape index (κ3) is 11.6. The number of nitrogens with zero attached hydrogens (tertiary/aromatic N) is 3. The molecule has 0 saturated heterocycles. The Kier molecular flexibility index (Phi) is 21.9. The number of rotatable bonds is 12. The fourth-order valence-corrected chi connectivity index (χ4v) is 1.40. The Bertz CT molecular complexity index is 875. The van der Waals surface area contributed by atoms with E-state index in [4.69, 9.17) is 61.3 Å². The van der Waals surface area contributed by atoms with Crippen molar-refractivity contribution in [3.8, 4) is 0 Å². The zero-order valence-corrected chi connectivity index (χ0v) is 22.3. The van der Waals surface area contributed by atoms with Crippen LogP contribution in [0.25, 0.3) is 0 Å². The molecule has 0 fully saturated rings. The van der Waals surface area contributed by atoms with Crippen LogP contribution in [-0.2, 0) is 28.8 Å².